The number of fused-ring (bicyclic) bond motifs is 1. The predicted octanol–water partition coefficient (Wildman–Crippen LogP) is 8.87. The van der Waals surface area contributed by atoms with Gasteiger partial charge in [0.15, 0.2) is 0 Å². The van der Waals surface area contributed by atoms with Crippen LogP contribution in [-0.2, 0) is 10.2 Å². The van der Waals surface area contributed by atoms with Crippen LogP contribution >= 0.6 is 0 Å². The fourth-order valence-electron chi connectivity index (χ4n) is 3.68. The van der Waals surface area contributed by atoms with Gasteiger partial charge in [0.1, 0.15) is 5.75 Å². The van der Waals surface area contributed by atoms with E-state index >= 15 is 0 Å². The average Bonchev–Trinajstić information content (AvgIpc) is 2.75. The summed E-state index contributed by atoms with van der Waals surface area (Å²) in [6.45, 7) is 21.4. The summed E-state index contributed by atoms with van der Waals surface area (Å²) in [5, 5.41) is 2.28. The highest BCUT2D eigenvalue weighted by molar-refractivity contribution is 5.86. The number of esters is 1. The third kappa shape index (κ3) is 7.52. The molecule has 1 atom stereocenters. The van der Waals surface area contributed by atoms with E-state index < -0.39 is 0 Å². The fourth-order valence-corrected chi connectivity index (χ4v) is 3.68. The van der Waals surface area contributed by atoms with Crippen molar-refractivity contribution in [2.24, 2.45) is 11.3 Å². The molecule has 172 valence electrons. The zero-order valence-electron chi connectivity index (χ0n) is 21.6. The van der Waals surface area contributed by atoms with Crippen LogP contribution in [0.15, 0.2) is 48.0 Å². The van der Waals surface area contributed by atoms with Crippen molar-refractivity contribution in [3.63, 3.8) is 0 Å². The van der Waals surface area contributed by atoms with Crippen LogP contribution in [0.5, 0.6) is 5.75 Å². The first-order chi connectivity index (χ1) is 14.5. The Bertz CT molecular complexity index is 876. The highest BCUT2D eigenvalue weighted by atomic mass is 16.5. The summed E-state index contributed by atoms with van der Waals surface area (Å²) in [4.78, 5) is 12.6. The van der Waals surface area contributed by atoms with Crippen molar-refractivity contribution in [3.8, 4) is 5.75 Å². The van der Waals surface area contributed by atoms with Crippen LogP contribution in [0.25, 0.3) is 10.8 Å². The Morgan fingerprint density at radius 2 is 1.42 bits per heavy atom. The largest absolute Gasteiger partial charge is 0.426 e. The zero-order chi connectivity index (χ0) is 23.8. The van der Waals surface area contributed by atoms with E-state index in [1.165, 1.54) is 16.5 Å². The first kappa shape index (κ1) is 26.9. The maximum absolute atomic E-state index is 12.6. The predicted molar refractivity (Wildman–Crippen MR) is 136 cm³/mol. The summed E-state index contributed by atoms with van der Waals surface area (Å²) in [5.74, 6) is 0.501. The average molecular weight is 425 g/mol. The second kappa shape index (κ2) is 11.5. The summed E-state index contributed by atoms with van der Waals surface area (Å²) in [7, 11) is 0. The van der Waals surface area contributed by atoms with Crippen molar-refractivity contribution in [2.75, 3.05) is 0 Å². The summed E-state index contributed by atoms with van der Waals surface area (Å²) in [6, 6.07) is 12.4. The Labute approximate surface area is 191 Å². The normalized spacial score (nSPS) is 16.3. The molecule has 0 aliphatic heterocycles. The molecule has 1 aliphatic carbocycles. The van der Waals surface area contributed by atoms with Gasteiger partial charge in [0.05, 0.1) is 5.92 Å². The Morgan fingerprint density at radius 3 is 1.94 bits per heavy atom. The van der Waals surface area contributed by atoms with Crippen LogP contribution in [0, 0.1) is 11.3 Å². The van der Waals surface area contributed by atoms with E-state index in [-0.39, 0.29) is 22.7 Å². The first-order valence-electron chi connectivity index (χ1n) is 12.0. The van der Waals surface area contributed by atoms with Gasteiger partial charge in [-0.3, -0.25) is 4.79 Å². The van der Waals surface area contributed by atoms with Gasteiger partial charge in [-0.1, -0.05) is 105 Å². The van der Waals surface area contributed by atoms with Crippen molar-refractivity contribution < 1.29 is 9.53 Å². The minimum absolute atomic E-state index is 0.0323. The van der Waals surface area contributed by atoms with Crippen molar-refractivity contribution in [1.82, 2.24) is 0 Å². The number of carbonyl (C=O) groups is 1. The Hall–Kier alpha value is -2.09. The Kier molecular flexibility index (Phi) is 10.0. The molecule has 0 radical (unpaired) electrons. The molecule has 0 amide bonds. The minimum Gasteiger partial charge on any atom is -0.426 e. The van der Waals surface area contributed by atoms with Gasteiger partial charge in [0, 0.05) is 0 Å². The maximum Gasteiger partial charge on any atom is 0.314 e. The molecule has 0 heterocycles. The van der Waals surface area contributed by atoms with E-state index in [0.29, 0.717) is 5.75 Å². The zero-order valence-corrected chi connectivity index (χ0v) is 21.6. The van der Waals surface area contributed by atoms with E-state index in [0.717, 1.165) is 24.6 Å². The van der Waals surface area contributed by atoms with Crippen LogP contribution in [0.2, 0.25) is 0 Å². The lowest BCUT2D eigenvalue weighted by molar-refractivity contribution is -0.139. The number of allylic oxidation sites excluding steroid dienone is 2. The van der Waals surface area contributed by atoms with E-state index in [1.54, 1.807) is 0 Å². The smallest absolute Gasteiger partial charge is 0.314 e. The van der Waals surface area contributed by atoms with Crippen LogP contribution in [0.1, 0.15) is 94.1 Å². The SMILES string of the molecule is CC.CC.CC(C)(C)C1=CCC(C(=O)Oc2ccc3cc(C(C)(C)C)ccc3c2)CC1. The molecular weight excluding hydrogens is 380 g/mol. The van der Waals surface area contributed by atoms with Crippen molar-refractivity contribution in [2.45, 2.75) is 93.9 Å². The number of benzene rings is 2. The number of rotatable bonds is 2. The van der Waals surface area contributed by atoms with Crippen molar-refractivity contribution in [1.29, 1.82) is 0 Å². The van der Waals surface area contributed by atoms with Gasteiger partial charge in [0.25, 0.3) is 0 Å². The third-order valence-electron chi connectivity index (χ3n) is 5.60. The first-order valence-corrected chi connectivity index (χ1v) is 12.0. The monoisotopic (exact) mass is 424 g/mol. The van der Waals surface area contributed by atoms with E-state index in [2.05, 4.69) is 65.8 Å². The van der Waals surface area contributed by atoms with Gasteiger partial charge >= 0.3 is 5.97 Å². The minimum atomic E-state index is -0.107. The topological polar surface area (TPSA) is 26.3 Å². The highest BCUT2D eigenvalue weighted by Crippen LogP contribution is 2.36. The lowest BCUT2D eigenvalue weighted by Gasteiger charge is -2.28. The maximum atomic E-state index is 12.6. The summed E-state index contributed by atoms with van der Waals surface area (Å²) >= 11 is 0. The number of carbonyl (C=O) groups excluding carboxylic acids is 1. The summed E-state index contributed by atoms with van der Waals surface area (Å²) in [6.07, 6.45) is 4.89. The van der Waals surface area contributed by atoms with Gasteiger partial charge in [-0.05, 0) is 58.6 Å². The van der Waals surface area contributed by atoms with Crippen LogP contribution in [-0.4, -0.2) is 5.97 Å². The van der Waals surface area contributed by atoms with Crippen molar-refractivity contribution in [3.05, 3.63) is 53.6 Å². The number of hydrogen-bond donors (Lipinski definition) is 0. The molecule has 0 saturated carbocycles. The summed E-state index contributed by atoms with van der Waals surface area (Å²) < 4.78 is 5.71. The van der Waals surface area contributed by atoms with E-state index in [4.69, 9.17) is 4.74 Å². The molecular formula is C29H44O2. The summed E-state index contributed by atoms with van der Waals surface area (Å²) in [5.41, 5.74) is 3.08. The number of hydrogen-bond acceptors (Lipinski definition) is 2. The molecule has 0 bridgehead atoms. The molecule has 0 fully saturated rings. The van der Waals surface area contributed by atoms with Crippen LogP contribution in [0.4, 0.5) is 0 Å². The standard InChI is InChI=1S/C25H32O2.2C2H6/c1-24(2,3)20-11-7-17(8-12-20)23(26)27-22-14-10-18-15-21(25(4,5)6)13-9-19(18)16-22;2*1-2/h9-11,13-17H,7-8,12H2,1-6H3;2*1-2H3. The number of ether oxygens (including phenoxy) is 1. The van der Waals surface area contributed by atoms with Gasteiger partial charge in [-0.2, -0.15) is 0 Å². The highest BCUT2D eigenvalue weighted by Gasteiger charge is 2.27. The van der Waals surface area contributed by atoms with Crippen molar-refractivity contribution >= 4 is 16.7 Å². The molecule has 0 spiro atoms. The molecule has 0 saturated heterocycles. The molecule has 1 unspecified atom stereocenters. The van der Waals surface area contributed by atoms with Gasteiger partial charge < -0.3 is 4.74 Å². The van der Waals surface area contributed by atoms with Crippen LogP contribution < -0.4 is 4.74 Å². The van der Waals surface area contributed by atoms with Gasteiger partial charge in [-0.15, -0.1) is 0 Å². The third-order valence-corrected chi connectivity index (χ3v) is 5.60. The van der Waals surface area contributed by atoms with Gasteiger partial charge in [-0.25, -0.2) is 0 Å². The molecule has 0 N–H and O–H groups in total. The second-order valence-corrected chi connectivity index (χ2v) is 9.85. The van der Waals surface area contributed by atoms with E-state index in [9.17, 15) is 4.79 Å². The van der Waals surface area contributed by atoms with Gasteiger partial charge in [0.2, 0.25) is 0 Å². The molecule has 31 heavy (non-hydrogen) atoms. The second-order valence-electron chi connectivity index (χ2n) is 9.85. The Morgan fingerprint density at radius 1 is 0.839 bits per heavy atom. The quantitative estimate of drug-likeness (QED) is 0.273. The molecule has 3 rings (SSSR count). The lowest BCUT2D eigenvalue weighted by Crippen LogP contribution is -2.24. The fraction of sp³-hybridized carbons (Fsp3) is 0.552. The molecule has 2 heteroatoms. The molecule has 2 nitrogen and oxygen atoms in total. The molecule has 2 aromatic rings. The lowest BCUT2D eigenvalue weighted by atomic mass is 9.77. The molecule has 1 aliphatic rings. The Balaban J connectivity index is 0.00000113. The van der Waals surface area contributed by atoms with E-state index in [1.807, 2.05) is 45.9 Å². The van der Waals surface area contributed by atoms with Crippen LogP contribution in [0.3, 0.4) is 0 Å². The molecule has 0 aromatic heterocycles. The molecule has 2 aromatic carbocycles.